The van der Waals surface area contributed by atoms with E-state index < -0.39 is 5.97 Å². The Balaban J connectivity index is 1.80. The average Bonchev–Trinajstić information content (AvgIpc) is 2.92. The molecule has 0 saturated heterocycles. The molecule has 0 atom stereocenters. The Bertz CT molecular complexity index is 1110. The molecule has 0 bridgehead atoms. The third-order valence-electron chi connectivity index (χ3n) is 5.06. The number of benzene rings is 3. The second-order valence-corrected chi connectivity index (χ2v) is 7.55. The maximum absolute atomic E-state index is 11.4. The molecule has 0 aliphatic rings. The molecule has 3 rings (SSSR count). The van der Waals surface area contributed by atoms with Gasteiger partial charge in [-0.15, -0.1) is 6.42 Å². The maximum atomic E-state index is 11.4. The number of rotatable bonds is 12. The number of ether oxygens (including phenoxy) is 7. The molecule has 0 saturated carbocycles. The van der Waals surface area contributed by atoms with Crippen LogP contribution in [-0.2, 0) is 29.4 Å². The van der Waals surface area contributed by atoms with Crippen LogP contribution in [0.15, 0.2) is 54.6 Å². The van der Waals surface area contributed by atoms with Crippen molar-refractivity contribution in [2.24, 2.45) is 0 Å². The van der Waals surface area contributed by atoms with Crippen LogP contribution in [0.2, 0.25) is 0 Å². The van der Waals surface area contributed by atoms with Crippen LogP contribution in [0, 0.1) is 12.3 Å². The lowest BCUT2D eigenvalue weighted by Gasteiger charge is -2.14. The zero-order chi connectivity index (χ0) is 25.9. The van der Waals surface area contributed by atoms with Crippen LogP contribution in [-0.4, -0.2) is 34.4 Å². The molecule has 0 spiro atoms. The van der Waals surface area contributed by atoms with Crippen LogP contribution in [0.5, 0.6) is 34.5 Å². The lowest BCUT2D eigenvalue weighted by atomic mass is 10.2. The van der Waals surface area contributed by atoms with E-state index in [1.807, 2.05) is 30.2 Å². The fraction of sp³-hybridized carbons (Fsp3) is 0.250. The van der Waals surface area contributed by atoms with E-state index in [0.29, 0.717) is 40.1 Å². The standard InChI is InChI=1S/C28H28O8/c1-6-28(29)36-18-21-11-26(34-16-19-7-22(30-2)13-23(8-19)31-3)15-27(12-21)35-17-20-9-24(32-4)14-25(10-20)33-5/h1,7-15H,16-18H2,2-5H3. The third-order valence-corrected chi connectivity index (χ3v) is 5.06. The molecule has 8 nitrogen and oxygen atoms in total. The van der Waals surface area contributed by atoms with E-state index >= 15 is 0 Å². The summed E-state index contributed by atoms with van der Waals surface area (Å²) in [5.74, 6) is 4.83. The summed E-state index contributed by atoms with van der Waals surface area (Å²) in [5.41, 5.74) is 2.35. The van der Waals surface area contributed by atoms with Gasteiger partial charge in [0.15, 0.2) is 0 Å². The summed E-state index contributed by atoms with van der Waals surface area (Å²) < 4.78 is 38.4. The van der Waals surface area contributed by atoms with Gasteiger partial charge in [0, 0.05) is 24.1 Å². The summed E-state index contributed by atoms with van der Waals surface area (Å²) in [6, 6.07) is 16.2. The van der Waals surface area contributed by atoms with Crippen LogP contribution in [0.25, 0.3) is 0 Å². The van der Waals surface area contributed by atoms with Gasteiger partial charge in [0.05, 0.1) is 28.4 Å². The molecule has 3 aromatic rings. The number of carbonyl (C=O) groups is 1. The van der Waals surface area contributed by atoms with Crippen molar-refractivity contribution >= 4 is 5.97 Å². The van der Waals surface area contributed by atoms with Gasteiger partial charge in [-0.1, -0.05) is 0 Å². The molecule has 0 N–H and O–H groups in total. The predicted octanol–water partition coefficient (Wildman–Crippen LogP) is 4.56. The summed E-state index contributed by atoms with van der Waals surface area (Å²) in [5, 5.41) is 0. The van der Waals surface area contributed by atoms with Gasteiger partial charge in [-0.3, -0.25) is 0 Å². The second-order valence-electron chi connectivity index (χ2n) is 7.55. The predicted molar refractivity (Wildman–Crippen MR) is 133 cm³/mol. The molecule has 0 aliphatic carbocycles. The van der Waals surface area contributed by atoms with Crippen LogP contribution in [0.1, 0.15) is 16.7 Å². The molecule has 0 aliphatic heterocycles. The van der Waals surface area contributed by atoms with Crippen molar-refractivity contribution in [2.75, 3.05) is 28.4 Å². The van der Waals surface area contributed by atoms with E-state index in [-0.39, 0.29) is 19.8 Å². The van der Waals surface area contributed by atoms with E-state index in [2.05, 4.69) is 0 Å². The Morgan fingerprint density at radius 3 is 1.28 bits per heavy atom. The van der Waals surface area contributed by atoms with Crippen LogP contribution >= 0.6 is 0 Å². The molecule has 3 aromatic carbocycles. The first kappa shape index (κ1) is 26.1. The Morgan fingerprint density at radius 2 is 0.917 bits per heavy atom. The highest BCUT2D eigenvalue weighted by Gasteiger charge is 2.09. The van der Waals surface area contributed by atoms with Crippen molar-refractivity contribution in [3.05, 3.63) is 71.3 Å². The van der Waals surface area contributed by atoms with Crippen LogP contribution in [0.3, 0.4) is 0 Å². The maximum Gasteiger partial charge on any atom is 0.384 e. The Hall–Kier alpha value is -4.51. The van der Waals surface area contributed by atoms with Gasteiger partial charge in [0.2, 0.25) is 0 Å². The summed E-state index contributed by atoms with van der Waals surface area (Å²) in [7, 11) is 6.34. The average molecular weight is 493 g/mol. The fourth-order valence-corrected chi connectivity index (χ4v) is 3.30. The Morgan fingerprint density at radius 1 is 0.583 bits per heavy atom. The number of carbonyl (C=O) groups excluding carboxylic acids is 1. The van der Waals surface area contributed by atoms with Crippen molar-refractivity contribution < 1.29 is 38.0 Å². The first-order valence-electron chi connectivity index (χ1n) is 10.9. The Kier molecular flexibility index (Phi) is 9.29. The van der Waals surface area contributed by atoms with E-state index in [1.54, 1.807) is 58.8 Å². The minimum absolute atomic E-state index is 0.0312. The quantitative estimate of drug-likeness (QED) is 0.207. The molecule has 0 fully saturated rings. The van der Waals surface area contributed by atoms with Gasteiger partial charge in [-0.05, 0) is 53.1 Å². The molecule has 188 valence electrons. The van der Waals surface area contributed by atoms with Crippen molar-refractivity contribution in [1.29, 1.82) is 0 Å². The van der Waals surface area contributed by atoms with E-state index in [4.69, 9.17) is 39.6 Å². The van der Waals surface area contributed by atoms with Crippen molar-refractivity contribution in [1.82, 2.24) is 0 Å². The highest BCUT2D eigenvalue weighted by molar-refractivity contribution is 5.87. The summed E-state index contributed by atoms with van der Waals surface area (Å²) in [6.07, 6.45) is 5.10. The van der Waals surface area contributed by atoms with E-state index in [1.165, 1.54) is 0 Å². The summed E-state index contributed by atoms with van der Waals surface area (Å²) >= 11 is 0. The van der Waals surface area contributed by atoms with Gasteiger partial charge >= 0.3 is 5.97 Å². The largest absolute Gasteiger partial charge is 0.497 e. The van der Waals surface area contributed by atoms with Crippen molar-refractivity contribution in [2.45, 2.75) is 19.8 Å². The zero-order valence-corrected chi connectivity index (χ0v) is 20.7. The molecule has 36 heavy (non-hydrogen) atoms. The smallest absolute Gasteiger partial charge is 0.384 e. The lowest BCUT2D eigenvalue weighted by molar-refractivity contribution is -0.137. The highest BCUT2D eigenvalue weighted by atomic mass is 16.5. The van der Waals surface area contributed by atoms with E-state index in [9.17, 15) is 4.79 Å². The normalized spacial score (nSPS) is 10.1. The molecule has 0 unspecified atom stereocenters. The molecule has 0 radical (unpaired) electrons. The first-order valence-corrected chi connectivity index (χ1v) is 10.9. The number of hydrogen-bond donors (Lipinski definition) is 0. The highest BCUT2D eigenvalue weighted by Crippen LogP contribution is 2.28. The third kappa shape index (κ3) is 7.50. The number of terminal acetylenes is 1. The lowest BCUT2D eigenvalue weighted by Crippen LogP contribution is -2.03. The first-order chi connectivity index (χ1) is 17.5. The van der Waals surface area contributed by atoms with Crippen molar-refractivity contribution in [3.8, 4) is 46.8 Å². The minimum atomic E-state index is -0.754. The minimum Gasteiger partial charge on any atom is -0.497 e. The van der Waals surface area contributed by atoms with Gasteiger partial charge in [0.1, 0.15) is 54.3 Å². The monoisotopic (exact) mass is 492 g/mol. The molecule has 8 heteroatoms. The van der Waals surface area contributed by atoms with Crippen molar-refractivity contribution in [3.63, 3.8) is 0 Å². The topological polar surface area (TPSA) is 81.7 Å². The van der Waals surface area contributed by atoms with Crippen LogP contribution in [0.4, 0.5) is 0 Å². The van der Waals surface area contributed by atoms with Gasteiger partial charge in [-0.2, -0.15) is 0 Å². The Labute approximate surface area is 210 Å². The number of esters is 1. The molecular formula is C28H28O8. The SMILES string of the molecule is C#CC(=O)OCc1cc(OCc2cc(OC)cc(OC)c2)cc(OCc2cc(OC)cc(OC)c2)c1. The number of methoxy groups -OCH3 is 4. The fourth-order valence-electron chi connectivity index (χ4n) is 3.30. The second kappa shape index (κ2) is 12.8. The summed E-state index contributed by atoms with van der Waals surface area (Å²) in [6.45, 7) is 0.456. The molecular weight excluding hydrogens is 464 g/mol. The van der Waals surface area contributed by atoms with Gasteiger partial charge in [-0.25, -0.2) is 4.79 Å². The van der Waals surface area contributed by atoms with E-state index in [0.717, 1.165) is 11.1 Å². The molecule has 0 heterocycles. The van der Waals surface area contributed by atoms with Gasteiger partial charge in [0.25, 0.3) is 0 Å². The zero-order valence-electron chi connectivity index (χ0n) is 20.7. The molecule has 0 aromatic heterocycles. The van der Waals surface area contributed by atoms with Crippen LogP contribution < -0.4 is 28.4 Å². The number of hydrogen-bond acceptors (Lipinski definition) is 8. The summed E-state index contributed by atoms with van der Waals surface area (Å²) in [4.78, 5) is 11.4. The molecule has 0 amide bonds. The van der Waals surface area contributed by atoms with Gasteiger partial charge < -0.3 is 33.2 Å².